The molecule has 2 saturated carbocycles. The van der Waals surface area contributed by atoms with Crippen LogP contribution in [0.15, 0.2) is 12.2 Å². The molecule has 2 bridgehead atoms. The highest BCUT2D eigenvalue weighted by Crippen LogP contribution is 2.54. The van der Waals surface area contributed by atoms with Crippen LogP contribution in [0.3, 0.4) is 0 Å². The third-order valence-corrected chi connectivity index (χ3v) is 3.76. The fourth-order valence-electron chi connectivity index (χ4n) is 3.29. The van der Waals surface area contributed by atoms with E-state index in [1.165, 1.54) is 12.8 Å². The maximum Gasteiger partial charge on any atom is 0.136 e. The summed E-state index contributed by atoms with van der Waals surface area (Å²) in [6.07, 6.45) is 7.89. The molecule has 2 fully saturated rings. The first-order valence-electron chi connectivity index (χ1n) is 4.55. The van der Waals surface area contributed by atoms with Crippen LogP contribution >= 0.6 is 0 Å². The van der Waals surface area contributed by atoms with E-state index in [-0.39, 0.29) is 0 Å². The average molecular weight is 148 g/mol. The van der Waals surface area contributed by atoms with Crippen molar-refractivity contribution in [3.63, 3.8) is 0 Å². The summed E-state index contributed by atoms with van der Waals surface area (Å²) in [5.74, 6) is 3.26. The van der Waals surface area contributed by atoms with E-state index in [0.717, 1.165) is 24.2 Å². The van der Waals surface area contributed by atoms with Crippen LogP contribution in [-0.4, -0.2) is 5.78 Å². The quantitative estimate of drug-likeness (QED) is 0.479. The monoisotopic (exact) mass is 148 g/mol. The number of rotatable bonds is 0. The maximum atomic E-state index is 11.4. The van der Waals surface area contributed by atoms with Gasteiger partial charge in [0.25, 0.3) is 0 Å². The normalized spacial score (nSPS) is 52.2. The molecule has 0 aromatic carbocycles. The zero-order valence-electron chi connectivity index (χ0n) is 6.49. The zero-order valence-corrected chi connectivity index (χ0v) is 6.49. The summed E-state index contributed by atoms with van der Waals surface area (Å²) in [4.78, 5) is 11.4. The van der Waals surface area contributed by atoms with Gasteiger partial charge in [-0.25, -0.2) is 0 Å². The predicted octanol–water partition coefficient (Wildman–Crippen LogP) is 1.79. The summed E-state index contributed by atoms with van der Waals surface area (Å²) in [5, 5.41) is 0. The molecule has 4 atom stereocenters. The van der Waals surface area contributed by atoms with E-state index in [9.17, 15) is 4.79 Å². The van der Waals surface area contributed by atoms with Crippen molar-refractivity contribution in [2.45, 2.75) is 19.3 Å². The molecule has 0 N–H and O–H groups in total. The van der Waals surface area contributed by atoms with Crippen molar-refractivity contribution in [1.82, 2.24) is 0 Å². The van der Waals surface area contributed by atoms with E-state index in [2.05, 4.69) is 12.2 Å². The predicted molar refractivity (Wildman–Crippen MR) is 42.0 cm³/mol. The topological polar surface area (TPSA) is 17.1 Å². The van der Waals surface area contributed by atoms with Gasteiger partial charge in [-0.2, -0.15) is 0 Å². The minimum absolute atomic E-state index is 0.458. The van der Waals surface area contributed by atoms with Crippen molar-refractivity contribution in [2.24, 2.45) is 23.7 Å². The first kappa shape index (κ1) is 5.99. The van der Waals surface area contributed by atoms with Crippen molar-refractivity contribution in [1.29, 1.82) is 0 Å². The van der Waals surface area contributed by atoms with Gasteiger partial charge in [0.1, 0.15) is 5.78 Å². The average Bonchev–Trinajstić information content (AvgIpc) is 2.52. The van der Waals surface area contributed by atoms with E-state index in [0.29, 0.717) is 11.7 Å². The van der Waals surface area contributed by atoms with Gasteiger partial charge in [-0.3, -0.25) is 4.79 Å². The van der Waals surface area contributed by atoms with Crippen molar-refractivity contribution in [3.05, 3.63) is 12.2 Å². The maximum absolute atomic E-state index is 11.4. The molecule has 3 rings (SSSR count). The van der Waals surface area contributed by atoms with Crippen LogP contribution in [-0.2, 0) is 4.79 Å². The van der Waals surface area contributed by atoms with Gasteiger partial charge < -0.3 is 0 Å². The summed E-state index contributed by atoms with van der Waals surface area (Å²) in [7, 11) is 0. The van der Waals surface area contributed by atoms with Gasteiger partial charge in [-0.15, -0.1) is 0 Å². The number of hydrogen-bond acceptors (Lipinski definition) is 1. The first-order chi connectivity index (χ1) is 5.36. The molecule has 0 unspecified atom stereocenters. The van der Waals surface area contributed by atoms with Gasteiger partial charge in [-0.1, -0.05) is 12.2 Å². The minimum Gasteiger partial charge on any atom is -0.299 e. The van der Waals surface area contributed by atoms with E-state index >= 15 is 0 Å². The fraction of sp³-hybridized carbons (Fsp3) is 0.700. The second-order valence-corrected chi connectivity index (χ2v) is 4.18. The Labute approximate surface area is 66.5 Å². The second kappa shape index (κ2) is 1.77. The number of carbonyl (C=O) groups is 1. The van der Waals surface area contributed by atoms with Gasteiger partial charge >= 0.3 is 0 Å². The molecule has 1 nitrogen and oxygen atoms in total. The highest BCUT2D eigenvalue weighted by atomic mass is 16.1. The van der Waals surface area contributed by atoms with E-state index in [4.69, 9.17) is 0 Å². The van der Waals surface area contributed by atoms with Crippen molar-refractivity contribution >= 4 is 5.78 Å². The van der Waals surface area contributed by atoms with Gasteiger partial charge in [0.2, 0.25) is 0 Å². The molecule has 0 heterocycles. The van der Waals surface area contributed by atoms with Crippen molar-refractivity contribution in [2.75, 3.05) is 0 Å². The molecule has 1 heteroatoms. The number of Topliss-reactive ketones (excluding diaryl/α,β-unsaturated/α-hetero) is 1. The lowest BCUT2D eigenvalue weighted by molar-refractivity contribution is -0.123. The number of carbonyl (C=O) groups excluding carboxylic acids is 1. The van der Waals surface area contributed by atoms with Gasteiger partial charge in [0.05, 0.1) is 0 Å². The standard InChI is InChI=1S/C10H12O/c11-10-5-6-4-9(10)8-3-1-2-7(6)8/h1-2,6-9H,3-5H2/t6-,7+,8-,9+/m1/s1. The van der Waals surface area contributed by atoms with Crippen LogP contribution in [0, 0.1) is 23.7 Å². The lowest BCUT2D eigenvalue weighted by Gasteiger charge is -2.22. The number of ketones is 1. The van der Waals surface area contributed by atoms with E-state index in [1.807, 2.05) is 0 Å². The molecule has 58 valence electrons. The molecular formula is C10H12O. The Kier molecular flexibility index (Phi) is 0.961. The van der Waals surface area contributed by atoms with Gasteiger partial charge in [0.15, 0.2) is 0 Å². The Hall–Kier alpha value is -0.590. The molecule has 0 spiro atoms. The molecule has 0 radical (unpaired) electrons. The molecular weight excluding hydrogens is 136 g/mol. The number of allylic oxidation sites excluding steroid dienone is 2. The largest absolute Gasteiger partial charge is 0.299 e. The van der Waals surface area contributed by atoms with E-state index in [1.54, 1.807) is 0 Å². The second-order valence-electron chi connectivity index (χ2n) is 4.18. The van der Waals surface area contributed by atoms with Crippen LogP contribution < -0.4 is 0 Å². The van der Waals surface area contributed by atoms with Gasteiger partial charge in [0, 0.05) is 12.3 Å². The Balaban J connectivity index is 1.99. The molecule has 0 aliphatic heterocycles. The smallest absolute Gasteiger partial charge is 0.136 e. The number of fused-ring (bicyclic) bond motifs is 5. The van der Waals surface area contributed by atoms with Crippen molar-refractivity contribution < 1.29 is 4.79 Å². The first-order valence-corrected chi connectivity index (χ1v) is 4.55. The zero-order chi connectivity index (χ0) is 7.42. The summed E-state index contributed by atoms with van der Waals surface area (Å²) in [5.41, 5.74) is 0. The Morgan fingerprint density at radius 2 is 2.36 bits per heavy atom. The van der Waals surface area contributed by atoms with Crippen LogP contribution in [0.25, 0.3) is 0 Å². The third-order valence-electron chi connectivity index (χ3n) is 3.76. The van der Waals surface area contributed by atoms with Crippen LogP contribution in [0.5, 0.6) is 0 Å². The lowest BCUT2D eigenvalue weighted by Crippen LogP contribution is -2.24. The molecule has 0 saturated heterocycles. The molecule has 0 aromatic heterocycles. The van der Waals surface area contributed by atoms with Gasteiger partial charge in [-0.05, 0) is 30.6 Å². The van der Waals surface area contributed by atoms with Crippen LogP contribution in [0.2, 0.25) is 0 Å². The molecule has 3 aliphatic carbocycles. The third kappa shape index (κ3) is 0.597. The number of hydrogen-bond donors (Lipinski definition) is 0. The van der Waals surface area contributed by atoms with Crippen LogP contribution in [0.1, 0.15) is 19.3 Å². The summed E-state index contributed by atoms with van der Waals surface area (Å²) in [6.45, 7) is 0. The Bertz CT molecular complexity index is 241. The van der Waals surface area contributed by atoms with E-state index < -0.39 is 0 Å². The highest BCUT2D eigenvalue weighted by Gasteiger charge is 2.51. The lowest BCUT2D eigenvalue weighted by atomic mass is 9.81. The fourth-order valence-corrected chi connectivity index (χ4v) is 3.29. The highest BCUT2D eigenvalue weighted by molar-refractivity contribution is 5.85. The summed E-state index contributed by atoms with van der Waals surface area (Å²) in [6, 6.07) is 0. The molecule has 11 heavy (non-hydrogen) atoms. The Morgan fingerprint density at radius 1 is 1.45 bits per heavy atom. The minimum atomic E-state index is 0.458. The molecule has 3 aliphatic rings. The van der Waals surface area contributed by atoms with Crippen LogP contribution in [0.4, 0.5) is 0 Å². The summed E-state index contributed by atoms with van der Waals surface area (Å²) >= 11 is 0. The molecule has 0 amide bonds. The SMILES string of the molecule is O=C1C[C@H]2C[C@H]1[C@@H]1CC=C[C@@H]21. The summed E-state index contributed by atoms with van der Waals surface area (Å²) < 4.78 is 0. The van der Waals surface area contributed by atoms with Crippen molar-refractivity contribution in [3.8, 4) is 0 Å². The Morgan fingerprint density at radius 3 is 3.27 bits per heavy atom. The molecule has 0 aromatic rings.